The highest BCUT2D eigenvalue weighted by Crippen LogP contribution is 2.17. The summed E-state index contributed by atoms with van der Waals surface area (Å²) >= 11 is 5.93. The number of benzene rings is 1. The molecule has 1 aliphatic rings. The van der Waals surface area contributed by atoms with Gasteiger partial charge >= 0.3 is 0 Å². The molecule has 0 radical (unpaired) electrons. The molecule has 1 aromatic carbocycles. The quantitative estimate of drug-likeness (QED) is 0.900. The normalized spacial score (nSPS) is 25.3. The summed E-state index contributed by atoms with van der Waals surface area (Å²) < 4.78 is 0. The predicted octanol–water partition coefficient (Wildman–Crippen LogP) is 3.30. The highest BCUT2D eigenvalue weighted by Gasteiger charge is 2.24. The number of piperazine rings is 1. The number of halogens is 1. The van der Waals surface area contributed by atoms with Crippen LogP contribution < -0.4 is 5.32 Å². The Morgan fingerprint density at radius 1 is 1.33 bits per heavy atom. The van der Waals surface area contributed by atoms with Gasteiger partial charge in [-0.3, -0.25) is 4.90 Å². The monoisotopic (exact) mass is 266 g/mol. The third-order valence-electron chi connectivity index (χ3n) is 3.65. The molecular formula is C15H23ClN2. The molecule has 2 nitrogen and oxygen atoms in total. The smallest absolute Gasteiger partial charge is 0.0406 e. The highest BCUT2D eigenvalue weighted by atomic mass is 35.5. The van der Waals surface area contributed by atoms with Crippen molar-refractivity contribution in [3.8, 4) is 0 Å². The fourth-order valence-electron chi connectivity index (χ4n) is 2.67. The molecule has 1 aromatic rings. The van der Waals surface area contributed by atoms with Crippen LogP contribution in [0.1, 0.15) is 32.3 Å². The number of rotatable bonds is 4. The third-order valence-corrected chi connectivity index (χ3v) is 3.90. The number of hydrogen-bond acceptors (Lipinski definition) is 2. The van der Waals surface area contributed by atoms with E-state index in [0.717, 1.165) is 24.7 Å². The van der Waals surface area contributed by atoms with Gasteiger partial charge in [-0.05, 0) is 31.0 Å². The maximum absolute atomic E-state index is 5.93. The Labute approximate surface area is 115 Å². The van der Waals surface area contributed by atoms with E-state index in [1.807, 2.05) is 12.1 Å². The maximum atomic E-state index is 5.93. The van der Waals surface area contributed by atoms with E-state index in [1.165, 1.54) is 18.4 Å². The zero-order chi connectivity index (χ0) is 13.0. The fraction of sp³-hybridized carbons (Fsp3) is 0.600. The Bertz CT molecular complexity index is 363. The fourth-order valence-corrected chi connectivity index (χ4v) is 2.79. The molecule has 2 atom stereocenters. The molecule has 0 aliphatic carbocycles. The Kier molecular flexibility index (Phi) is 5.04. The maximum Gasteiger partial charge on any atom is 0.0406 e. The lowest BCUT2D eigenvalue weighted by atomic mass is 10.0. The van der Waals surface area contributed by atoms with Crippen molar-refractivity contribution in [2.24, 2.45) is 0 Å². The highest BCUT2D eigenvalue weighted by molar-refractivity contribution is 6.30. The van der Waals surface area contributed by atoms with Gasteiger partial charge in [0.05, 0.1) is 0 Å². The van der Waals surface area contributed by atoms with E-state index >= 15 is 0 Å². The standard InChI is InChI=1S/C15H23ClN2/c1-3-4-15-9-17-12(2)10-18(15)11-13-5-7-14(16)8-6-13/h5-8,12,15,17H,3-4,9-11H2,1-2H3. The minimum atomic E-state index is 0.588. The van der Waals surface area contributed by atoms with E-state index in [1.54, 1.807) is 0 Å². The molecule has 1 fully saturated rings. The molecule has 0 spiro atoms. The first-order valence-electron chi connectivity index (χ1n) is 6.91. The van der Waals surface area contributed by atoms with Gasteiger partial charge in [0.15, 0.2) is 0 Å². The first kappa shape index (κ1) is 13.9. The SMILES string of the molecule is CCCC1CNC(C)CN1Cc1ccc(Cl)cc1. The van der Waals surface area contributed by atoms with Crippen LogP contribution in [0.25, 0.3) is 0 Å². The summed E-state index contributed by atoms with van der Waals surface area (Å²) in [6.45, 7) is 7.80. The van der Waals surface area contributed by atoms with Crippen molar-refractivity contribution in [3.05, 3.63) is 34.9 Å². The van der Waals surface area contributed by atoms with Gasteiger partial charge in [0, 0.05) is 36.7 Å². The summed E-state index contributed by atoms with van der Waals surface area (Å²) in [6, 6.07) is 9.50. The van der Waals surface area contributed by atoms with Gasteiger partial charge in [0.25, 0.3) is 0 Å². The molecule has 0 amide bonds. The van der Waals surface area contributed by atoms with Crippen LogP contribution in [0, 0.1) is 0 Å². The first-order chi connectivity index (χ1) is 8.69. The van der Waals surface area contributed by atoms with E-state index in [4.69, 9.17) is 11.6 Å². The molecule has 2 rings (SSSR count). The Morgan fingerprint density at radius 2 is 2.06 bits per heavy atom. The van der Waals surface area contributed by atoms with Crippen LogP contribution in [0.15, 0.2) is 24.3 Å². The van der Waals surface area contributed by atoms with Crippen molar-refractivity contribution in [1.82, 2.24) is 10.2 Å². The summed E-state index contributed by atoms with van der Waals surface area (Å²) in [4.78, 5) is 2.61. The molecule has 1 heterocycles. The molecule has 3 heteroatoms. The molecule has 18 heavy (non-hydrogen) atoms. The predicted molar refractivity (Wildman–Crippen MR) is 78.0 cm³/mol. The molecule has 0 saturated carbocycles. The molecule has 1 aliphatic heterocycles. The Morgan fingerprint density at radius 3 is 2.72 bits per heavy atom. The summed E-state index contributed by atoms with van der Waals surface area (Å²) in [5, 5.41) is 4.40. The van der Waals surface area contributed by atoms with Crippen LogP contribution in [0.4, 0.5) is 0 Å². The minimum absolute atomic E-state index is 0.588. The third kappa shape index (κ3) is 3.71. The average Bonchev–Trinajstić information content (AvgIpc) is 2.36. The van der Waals surface area contributed by atoms with Gasteiger partial charge in [0.1, 0.15) is 0 Å². The van der Waals surface area contributed by atoms with E-state index in [-0.39, 0.29) is 0 Å². The van der Waals surface area contributed by atoms with Crippen LogP contribution in [0.3, 0.4) is 0 Å². The molecule has 2 unspecified atom stereocenters. The molecule has 1 N–H and O–H groups in total. The molecule has 0 aromatic heterocycles. The lowest BCUT2D eigenvalue weighted by Gasteiger charge is -2.39. The number of hydrogen-bond donors (Lipinski definition) is 1. The van der Waals surface area contributed by atoms with Gasteiger partial charge < -0.3 is 5.32 Å². The summed E-state index contributed by atoms with van der Waals surface area (Å²) in [5.74, 6) is 0. The van der Waals surface area contributed by atoms with Gasteiger partial charge in [-0.25, -0.2) is 0 Å². The van der Waals surface area contributed by atoms with Gasteiger partial charge in [-0.1, -0.05) is 37.1 Å². The van der Waals surface area contributed by atoms with Crippen LogP contribution >= 0.6 is 11.6 Å². The topological polar surface area (TPSA) is 15.3 Å². The van der Waals surface area contributed by atoms with Crippen LogP contribution in [0.5, 0.6) is 0 Å². The largest absolute Gasteiger partial charge is 0.311 e. The van der Waals surface area contributed by atoms with Crippen LogP contribution in [-0.4, -0.2) is 30.1 Å². The Hall–Kier alpha value is -0.570. The molecule has 0 bridgehead atoms. The van der Waals surface area contributed by atoms with Crippen molar-refractivity contribution < 1.29 is 0 Å². The molecule has 100 valence electrons. The van der Waals surface area contributed by atoms with Crippen molar-refractivity contribution in [2.45, 2.75) is 45.3 Å². The second-order valence-electron chi connectivity index (χ2n) is 5.31. The van der Waals surface area contributed by atoms with Crippen molar-refractivity contribution in [1.29, 1.82) is 0 Å². The van der Waals surface area contributed by atoms with Crippen LogP contribution in [0.2, 0.25) is 5.02 Å². The number of nitrogens with one attached hydrogen (secondary N) is 1. The summed E-state index contributed by atoms with van der Waals surface area (Å²) in [7, 11) is 0. The zero-order valence-electron chi connectivity index (χ0n) is 11.3. The Balaban J connectivity index is 2.01. The second-order valence-corrected chi connectivity index (χ2v) is 5.74. The van der Waals surface area contributed by atoms with Crippen molar-refractivity contribution >= 4 is 11.6 Å². The zero-order valence-corrected chi connectivity index (χ0v) is 12.1. The first-order valence-corrected chi connectivity index (χ1v) is 7.28. The van der Waals surface area contributed by atoms with Crippen molar-refractivity contribution in [2.75, 3.05) is 13.1 Å². The van der Waals surface area contributed by atoms with E-state index in [2.05, 4.69) is 36.2 Å². The summed E-state index contributed by atoms with van der Waals surface area (Å²) in [6.07, 6.45) is 2.52. The average molecular weight is 267 g/mol. The lowest BCUT2D eigenvalue weighted by molar-refractivity contribution is 0.120. The van der Waals surface area contributed by atoms with Crippen molar-refractivity contribution in [3.63, 3.8) is 0 Å². The number of nitrogens with zero attached hydrogens (tertiary/aromatic N) is 1. The van der Waals surface area contributed by atoms with Crippen LogP contribution in [-0.2, 0) is 6.54 Å². The van der Waals surface area contributed by atoms with Gasteiger partial charge in [-0.15, -0.1) is 0 Å². The minimum Gasteiger partial charge on any atom is -0.311 e. The lowest BCUT2D eigenvalue weighted by Crippen LogP contribution is -2.54. The van der Waals surface area contributed by atoms with E-state index in [9.17, 15) is 0 Å². The van der Waals surface area contributed by atoms with Gasteiger partial charge in [0.2, 0.25) is 0 Å². The van der Waals surface area contributed by atoms with E-state index < -0.39 is 0 Å². The second kappa shape index (κ2) is 6.55. The molecular weight excluding hydrogens is 244 g/mol. The molecule has 1 saturated heterocycles. The summed E-state index contributed by atoms with van der Waals surface area (Å²) in [5.41, 5.74) is 1.36. The van der Waals surface area contributed by atoms with Gasteiger partial charge in [-0.2, -0.15) is 0 Å². The van der Waals surface area contributed by atoms with E-state index in [0.29, 0.717) is 12.1 Å².